The molecule has 100 valence electrons. The van der Waals surface area contributed by atoms with Gasteiger partial charge in [0.05, 0.1) is 18.6 Å². The lowest BCUT2D eigenvalue weighted by Gasteiger charge is -2.26. The highest BCUT2D eigenvalue weighted by Crippen LogP contribution is 2.04. The van der Waals surface area contributed by atoms with Crippen molar-refractivity contribution in [3.8, 4) is 0 Å². The molecular formula is C12H23NO4. The monoisotopic (exact) mass is 245 g/mol. The number of nitrogens with zero attached hydrogens (tertiary/aromatic N) is 1. The van der Waals surface area contributed by atoms with Crippen LogP contribution in [0.25, 0.3) is 0 Å². The SMILES string of the molecule is CCC(O)CN(CC(O)CC)C(=O)CC(C)=O. The van der Waals surface area contributed by atoms with Crippen LogP contribution >= 0.6 is 0 Å². The Labute approximate surface area is 102 Å². The summed E-state index contributed by atoms with van der Waals surface area (Å²) < 4.78 is 0. The van der Waals surface area contributed by atoms with Gasteiger partial charge in [-0.15, -0.1) is 0 Å². The molecule has 0 rings (SSSR count). The highest BCUT2D eigenvalue weighted by Gasteiger charge is 2.20. The fourth-order valence-corrected chi connectivity index (χ4v) is 1.37. The molecule has 2 N–H and O–H groups in total. The number of hydrogen-bond donors (Lipinski definition) is 2. The molecule has 0 aromatic carbocycles. The van der Waals surface area contributed by atoms with E-state index in [1.165, 1.54) is 11.8 Å². The van der Waals surface area contributed by atoms with Crippen molar-refractivity contribution < 1.29 is 19.8 Å². The van der Waals surface area contributed by atoms with Gasteiger partial charge in [-0.1, -0.05) is 13.8 Å². The van der Waals surface area contributed by atoms with Crippen LogP contribution in [0.2, 0.25) is 0 Å². The third-order valence-electron chi connectivity index (χ3n) is 2.56. The van der Waals surface area contributed by atoms with Crippen LogP contribution in [-0.2, 0) is 9.59 Å². The van der Waals surface area contributed by atoms with Gasteiger partial charge in [0.25, 0.3) is 0 Å². The summed E-state index contributed by atoms with van der Waals surface area (Å²) in [5.41, 5.74) is 0. The lowest BCUT2D eigenvalue weighted by Crippen LogP contribution is -2.42. The highest BCUT2D eigenvalue weighted by atomic mass is 16.3. The van der Waals surface area contributed by atoms with E-state index in [0.717, 1.165) is 0 Å². The molecule has 2 unspecified atom stereocenters. The quantitative estimate of drug-likeness (QED) is 0.604. The zero-order chi connectivity index (χ0) is 13.4. The number of carbonyl (C=O) groups excluding carboxylic acids is 2. The lowest BCUT2D eigenvalue weighted by atomic mass is 10.2. The molecule has 0 aliphatic heterocycles. The summed E-state index contributed by atoms with van der Waals surface area (Å²) in [6.07, 6.45) is -0.338. The van der Waals surface area contributed by atoms with Crippen LogP contribution in [-0.4, -0.2) is 52.1 Å². The Balaban J connectivity index is 4.48. The number of aliphatic hydroxyl groups is 2. The standard InChI is InChI=1S/C12H23NO4/c1-4-10(15)7-13(8-11(16)5-2)12(17)6-9(3)14/h10-11,15-16H,4-8H2,1-3H3. The second-order valence-corrected chi connectivity index (χ2v) is 4.30. The Bertz CT molecular complexity index is 243. The Morgan fingerprint density at radius 1 is 1.06 bits per heavy atom. The van der Waals surface area contributed by atoms with Gasteiger partial charge in [0.1, 0.15) is 5.78 Å². The number of carbonyl (C=O) groups is 2. The van der Waals surface area contributed by atoms with Gasteiger partial charge in [0.2, 0.25) is 5.91 Å². The minimum atomic E-state index is -0.616. The van der Waals surface area contributed by atoms with Crippen molar-refractivity contribution >= 4 is 11.7 Å². The fourth-order valence-electron chi connectivity index (χ4n) is 1.37. The Morgan fingerprint density at radius 3 is 1.76 bits per heavy atom. The van der Waals surface area contributed by atoms with Crippen molar-refractivity contribution in [1.82, 2.24) is 4.90 Å². The summed E-state index contributed by atoms with van der Waals surface area (Å²) in [4.78, 5) is 24.0. The Hall–Kier alpha value is -0.940. The summed E-state index contributed by atoms with van der Waals surface area (Å²) in [7, 11) is 0. The molecule has 17 heavy (non-hydrogen) atoms. The van der Waals surface area contributed by atoms with E-state index in [1.54, 1.807) is 0 Å². The third kappa shape index (κ3) is 7.07. The molecule has 1 amide bonds. The topological polar surface area (TPSA) is 77.8 Å². The molecule has 0 aliphatic rings. The normalized spacial score (nSPS) is 14.2. The second-order valence-electron chi connectivity index (χ2n) is 4.30. The first-order valence-corrected chi connectivity index (χ1v) is 6.04. The predicted octanol–water partition coefficient (Wildman–Crippen LogP) is 0.336. The minimum Gasteiger partial charge on any atom is -0.391 e. The first kappa shape index (κ1) is 16.1. The van der Waals surface area contributed by atoms with Crippen LogP contribution in [0.4, 0.5) is 0 Å². The molecule has 5 heteroatoms. The van der Waals surface area contributed by atoms with E-state index in [9.17, 15) is 19.8 Å². The van der Waals surface area contributed by atoms with Crippen LogP contribution in [0.3, 0.4) is 0 Å². The summed E-state index contributed by atoms with van der Waals surface area (Å²) in [6.45, 7) is 5.31. The van der Waals surface area contributed by atoms with E-state index in [4.69, 9.17) is 0 Å². The zero-order valence-corrected chi connectivity index (χ0v) is 10.8. The summed E-state index contributed by atoms with van der Waals surface area (Å²) >= 11 is 0. The largest absolute Gasteiger partial charge is 0.391 e. The number of ketones is 1. The van der Waals surface area contributed by atoms with E-state index < -0.39 is 12.2 Å². The summed E-state index contributed by atoms with van der Waals surface area (Å²) in [5, 5.41) is 19.1. The first-order chi connectivity index (χ1) is 7.90. The van der Waals surface area contributed by atoms with E-state index in [0.29, 0.717) is 12.8 Å². The van der Waals surface area contributed by atoms with Crippen molar-refractivity contribution in [2.45, 2.75) is 52.2 Å². The molecule has 0 aromatic heterocycles. The number of rotatable bonds is 8. The third-order valence-corrected chi connectivity index (χ3v) is 2.56. The molecule has 0 radical (unpaired) electrons. The van der Waals surface area contributed by atoms with Crippen LogP contribution in [0.1, 0.15) is 40.0 Å². The average Bonchev–Trinajstić information content (AvgIpc) is 2.26. The predicted molar refractivity (Wildman–Crippen MR) is 64.5 cm³/mol. The van der Waals surface area contributed by atoms with E-state index >= 15 is 0 Å². The molecule has 0 bridgehead atoms. The van der Waals surface area contributed by atoms with Crippen molar-refractivity contribution in [2.75, 3.05) is 13.1 Å². The Kier molecular flexibility index (Phi) is 7.74. The van der Waals surface area contributed by atoms with Crippen molar-refractivity contribution in [1.29, 1.82) is 0 Å². The van der Waals surface area contributed by atoms with Gasteiger partial charge in [-0.25, -0.2) is 0 Å². The lowest BCUT2D eigenvalue weighted by molar-refractivity contribution is -0.137. The molecule has 0 aliphatic carbocycles. The number of aliphatic hydroxyl groups excluding tert-OH is 2. The maximum absolute atomic E-state index is 11.7. The van der Waals surface area contributed by atoms with Crippen molar-refractivity contribution in [2.24, 2.45) is 0 Å². The van der Waals surface area contributed by atoms with Gasteiger partial charge in [-0.3, -0.25) is 9.59 Å². The minimum absolute atomic E-state index is 0.166. The molecule has 0 fully saturated rings. The number of hydrogen-bond acceptors (Lipinski definition) is 4. The fraction of sp³-hybridized carbons (Fsp3) is 0.833. The first-order valence-electron chi connectivity index (χ1n) is 6.04. The van der Waals surface area contributed by atoms with Gasteiger partial charge < -0.3 is 15.1 Å². The van der Waals surface area contributed by atoms with E-state index in [2.05, 4.69) is 0 Å². The summed E-state index contributed by atoms with van der Waals surface area (Å²) in [6, 6.07) is 0. The average molecular weight is 245 g/mol. The van der Waals surface area contributed by atoms with Crippen LogP contribution in [0, 0.1) is 0 Å². The maximum atomic E-state index is 11.7. The maximum Gasteiger partial charge on any atom is 0.230 e. The molecule has 0 saturated heterocycles. The van der Waals surface area contributed by atoms with Gasteiger partial charge >= 0.3 is 0 Å². The zero-order valence-electron chi connectivity index (χ0n) is 10.8. The van der Waals surface area contributed by atoms with Gasteiger partial charge in [-0.2, -0.15) is 0 Å². The Morgan fingerprint density at radius 2 is 1.47 bits per heavy atom. The van der Waals surface area contributed by atoms with Gasteiger partial charge in [0.15, 0.2) is 0 Å². The molecule has 0 aromatic rings. The highest BCUT2D eigenvalue weighted by molar-refractivity contribution is 5.96. The van der Waals surface area contributed by atoms with Gasteiger partial charge in [0, 0.05) is 13.1 Å². The molecule has 2 atom stereocenters. The molecule has 5 nitrogen and oxygen atoms in total. The molecule has 0 saturated carbocycles. The number of amides is 1. The van der Waals surface area contributed by atoms with Crippen LogP contribution in [0.15, 0.2) is 0 Å². The van der Waals surface area contributed by atoms with Crippen LogP contribution < -0.4 is 0 Å². The van der Waals surface area contributed by atoms with Gasteiger partial charge in [-0.05, 0) is 19.8 Å². The van der Waals surface area contributed by atoms with Crippen LogP contribution in [0.5, 0.6) is 0 Å². The van der Waals surface area contributed by atoms with E-state index in [-0.39, 0.29) is 31.2 Å². The molecule has 0 heterocycles. The molecular weight excluding hydrogens is 222 g/mol. The molecule has 0 spiro atoms. The second kappa shape index (κ2) is 8.20. The summed E-state index contributed by atoms with van der Waals surface area (Å²) in [5.74, 6) is -0.547. The van der Waals surface area contributed by atoms with Crippen molar-refractivity contribution in [3.63, 3.8) is 0 Å². The van der Waals surface area contributed by atoms with Crippen molar-refractivity contribution in [3.05, 3.63) is 0 Å². The van der Waals surface area contributed by atoms with E-state index in [1.807, 2.05) is 13.8 Å². The number of Topliss-reactive ketones (excluding diaryl/α,β-unsaturated/α-hetero) is 1. The smallest absolute Gasteiger partial charge is 0.230 e.